The van der Waals surface area contributed by atoms with Crippen LogP contribution in [0.5, 0.6) is 0 Å². The van der Waals surface area contributed by atoms with Crippen LogP contribution in [-0.2, 0) is 27.0 Å². The van der Waals surface area contributed by atoms with E-state index in [1.165, 1.54) is 25.0 Å². The maximum Gasteiger partial charge on any atom is 0.336 e. The van der Waals surface area contributed by atoms with Crippen LogP contribution >= 0.6 is 0 Å². The summed E-state index contributed by atoms with van der Waals surface area (Å²) >= 11 is 0. The second kappa shape index (κ2) is 15.0. The highest BCUT2D eigenvalue weighted by atomic mass is 28.4. The summed E-state index contributed by atoms with van der Waals surface area (Å²) in [6, 6.07) is 12.4. The number of amides is 1. The number of carbonyl (C=O) groups is 2. The van der Waals surface area contributed by atoms with Gasteiger partial charge in [0.1, 0.15) is 16.4 Å². The molecular formula is C26H39NO7Si2. The highest BCUT2D eigenvalue weighted by Crippen LogP contribution is 2.26. The molecule has 0 saturated carbocycles. The Kier molecular flexibility index (Phi) is 12.5. The zero-order valence-corrected chi connectivity index (χ0v) is 24.2. The molecule has 0 aliphatic carbocycles. The molecule has 36 heavy (non-hydrogen) atoms. The van der Waals surface area contributed by atoms with Gasteiger partial charge in [0, 0.05) is 13.7 Å². The summed E-state index contributed by atoms with van der Waals surface area (Å²) in [5.41, 5.74) is 3.18. The standard InChI is InChI=1S/C26H39NO7Si2/c1-5-6-14-36(3,4)34-35-13-7-12-27-25(28)24-16-20(10-11-23(24)26(29)30)19-8-9-21(18-33-31)22(15-19)17-32-2/h8-11,15-16,31H,5-7,12-14,17-18,35H2,1-4H3,(H,27,28)(H,29,30). The maximum atomic E-state index is 12.9. The predicted octanol–water partition coefficient (Wildman–Crippen LogP) is 4.83. The number of aromatic carboxylic acids is 1. The number of hydrogen-bond donors (Lipinski definition) is 3. The van der Waals surface area contributed by atoms with Gasteiger partial charge in [-0.05, 0) is 72.1 Å². The summed E-state index contributed by atoms with van der Waals surface area (Å²) in [6.07, 6.45) is 3.21. The molecule has 198 valence electrons. The second-order valence-electron chi connectivity index (χ2n) is 9.43. The van der Waals surface area contributed by atoms with Crippen molar-refractivity contribution in [3.63, 3.8) is 0 Å². The van der Waals surface area contributed by atoms with Gasteiger partial charge in [0.15, 0.2) is 8.32 Å². The quantitative estimate of drug-likeness (QED) is 0.123. The largest absolute Gasteiger partial charge is 0.478 e. The number of hydrogen-bond acceptors (Lipinski definition) is 6. The van der Waals surface area contributed by atoms with Gasteiger partial charge in [0.25, 0.3) is 5.91 Å². The number of nitrogens with one attached hydrogen (secondary N) is 1. The minimum Gasteiger partial charge on any atom is -0.478 e. The van der Waals surface area contributed by atoms with E-state index in [-0.39, 0.29) is 17.7 Å². The molecular weight excluding hydrogens is 494 g/mol. The second-order valence-corrected chi connectivity index (χ2v) is 15.7. The lowest BCUT2D eigenvalue weighted by Crippen LogP contribution is -2.32. The molecule has 2 rings (SSSR count). The zero-order chi connectivity index (χ0) is 26.6. The van der Waals surface area contributed by atoms with Gasteiger partial charge >= 0.3 is 5.97 Å². The van der Waals surface area contributed by atoms with Gasteiger partial charge in [-0.15, -0.1) is 0 Å². The Hall–Kier alpha value is -2.35. The predicted molar refractivity (Wildman–Crippen MR) is 146 cm³/mol. The van der Waals surface area contributed by atoms with E-state index in [1.54, 1.807) is 19.2 Å². The van der Waals surface area contributed by atoms with Gasteiger partial charge < -0.3 is 19.3 Å². The molecule has 0 radical (unpaired) electrons. The van der Waals surface area contributed by atoms with Crippen LogP contribution in [0.2, 0.25) is 25.2 Å². The first-order valence-corrected chi connectivity index (χ1v) is 17.1. The topological polar surface area (TPSA) is 114 Å². The number of carboxylic acids is 1. The Morgan fingerprint density at radius 3 is 2.39 bits per heavy atom. The van der Waals surface area contributed by atoms with E-state index in [0.29, 0.717) is 18.7 Å². The maximum absolute atomic E-state index is 12.9. The van der Waals surface area contributed by atoms with Crippen molar-refractivity contribution in [3.05, 3.63) is 58.7 Å². The third-order valence-electron chi connectivity index (χ3n) is 6.04. The third kappa shape index (κ3) is 9.27. The van der Waals surface area contributed by atoms with E-state index in [1.807, 2.05) is 18.2 Å². The lowest BCUT2D eigenvalue weighted by atomic mass is 9.96. The fourth-order valence-corrected chi connectivity index (χ4v) is 8.98. The van der Waals surface area contributed by atoms with Crippen molar-refractivity contribution in [1.82, 2.24) is 5.32 Å². The highest BCUT2D eigenvalue weighted by Gasteiger charge is 2.21. The summed E-state index contributed by atoms with van der Waals surface area (Å²) in [5, 5.41) is 21.3. The molecule has 0 heterocycles. The fraction of sp³-hybridized carbons (Fsp3) is 0.462. The van der Waals surface area contributed by atoms with Gasteiger partial charge in [-0.2, -0.15) is 0 Å². The zero-order valence-electron chi connectivity index (χ0n) is 21.8. The Balaban J connectivity index is 2.07. The van der Waals surface area contributed by atoms with Crippen molar-refractivity contribution in [2.45, 2.75) is 64.6 Å². The van der Waals surface area contributed by atoms with E-state index >= 15 is 0 Å². The van der Waals surface area contributed by atoms with Crippen molar-refractivity contribution < 1.29 is 33.7 Å². The average molecular weight is 534 g/mol. The Labute approximate surface area is 217 Å². The smallest absolute Gasteiger partial charge is 0.336 e. The molecule has 0 aromatic heterocycles. The van der Waals surface area contributed by atoms with Gasteiger partial charge in [0.05, 0.1) is 17.7 Å². The minimum atomic E-state index is -1.55. The first-order valence-electron chi connectivity index (χ1n) is 12.4. The van der Waals surface area contributed by atoms with Crippen molar-refractivity contribution in [2.24, 2.45) is 0 Å². The molecule has 0 aliphatic heterocycles. The van der Waals surface area contributed by atoms with E-state index in [9.17, 15) is 14.7 Å². The number of benzene rings is 2. The Morgan fingerprint density at radius 2 is 1.72 bits per heavy atom. The van der Waals surface area contributed by atoms with E-state index in [4.69, 9.17) is 14.1 Å². The average Bonchev–Trinajstić information content (AvgIpc) is 2.85. The SMILES string of the molecule is CCCC[Si](C)(C)O[SiH2]CCCNC(=O)c1cc(-c2ccc(COO)c(COC)c2)ccc1C(=O)O. The summed E-state index contributed by atoms with van der Waals surface area (Å²) < 4.78 is 11.5. The van der Waals surface area contributed by atoms with E-state index in [2.05, 4.69) is 30.2 Å². The van der Waals surface area contributed by atoms with Crippen molar-refractivity contribution >= 4 is 30.0 Å². The van der Waals surface area contributed by atoms with Crippen LogP contribution in [0.3, 0.4) is 0 Å². The Bertz CT molecular complexity index is 1010. The van der Waals surface area contributed by atoms with Crippen molar-refractivity contribution in [2.75, 3.05) is 13.7 Å². The molecule has 0 saturated heterocycles. The molecule has 2 aromatic carbocycles. The molecule has 8 nitrogen and oxygen atoms in total. The Morgan fingerprint density at radius 1 is 1.00 bits per heavy atom. The first kappa shape index (κ1) is 29.9. The first-order chi connectivity index (χ1) is 17.2. The van der Waals surface area contributed by atoms with Crippen molar-refractivity contribution in [3.8, 4) is 11.1 Å². The van der Waals surface area contributed by atoms with Gasteiger partial charge in [-0.3, -0.25) is 10.1 Å². The molecule has 0 atom stereocenters. The van der Waals surface area contributed by atoms with Gasteiger partial charge in [0.2, 0.25) is 0 Å². The molecule has 0 aliphatic rings. The lowest BCUT2D eigenvalue weighted by Gasteiger charge is -2.23. The fourth-order valence-electron chi connectivity index (χ4n) is 3.95. The van der Waals surface area contributed by atoms with Crippen LogP contribution in [-0.4, -0.2) is 54.0 Å². The van der Waals surface area contributed by atoms with Crippen LogP contribution in [0, 0.1) is 0 Å². The summed E-state index contributed by atoms with van der Waals surface area (Å²) in [7, 11) is -0.605. The molecule has 3 N–H and O–H groups in total. The van der Waals surface area contributed by atoms with Gasteiger partial charge in [-0.25, -0.2) is 9.68 Å². The lowest BCUT2D eigenvalue weighted by molar-refractivity contribution is -0.253. The molecule has 0 bridgehead atoms. The van der Waals surface area contributed by atoms with Crippen LogP contribution < -0.4 is 5.32 Å². The minimum absolute atomic E-state index is 0.0247. The van der Waals surface area contributed by atoms with Crippen LogP contribution in [0.25, 0.3) is 11.1 Å². The number of methoxy groups -OCH3 is 1. The molecule has 0 fully saturated rings. The summed E-state index contributed by atoms with van der Waals surface area (Å²) in [4.78, 5) is 29.0. The highest BCUT2D eigenvalue weighted by molar-refractivity contribution is 6.75. The number of unbranched alkanes of at least 4 members (excludes halogenated alkanes) is 1. The molecule has 1 amide bonds. The van der Waals surface area contributed by atoms with E-state index in [0.717, 1.165) is 29.2 Å². The number of carbonyl (C=O) groups excluding carboxylic acids is 1. The molecule has 0 unspecified atom stereocenters. The van der Waals surface area contributed by atoms with E-state index < -0.39 is 30.0 Å². The summed E-state index contributed by atoms with van der Waals surface area (Å²) in [5.74, 6) is -1.56. The number of carboxylic acid groups (broad SMARTS) is 1. The summed E-state index contributed by atoms with van der Waals surface area (Å²) in [6.45, 7) is 7.55. The molecule has 0 spiro atoms. The number of rotatable bonds is 16. The normalized spacial score (nSPS) is 11.8. The monoisotopic (exact) mass is 533 g/mol. The third-order valence-corrected chi connectivity index (χ3v) is 12.3. The van der Waals surface area contributed by atoms with Crippen LogP contribution in [0.4, 0.5) is 0 Å². The van der Waals surface area contributed by atoms with Crippen LogP contribution in [0.1, 0.15) is 58.0 Å². The van der Waals surface area contributed by atoms with Crippen LogP contribution in [0.15, 0.2) is 36.4 Å². The molecule has 10 heteroatoms. The number of ether oxygens (including phenoxy) is 1. The van der Waals surface area contributed by atoms with Gasteiger partial charge in [-0.1, -0.05) is 38.0 Å². The molecule has 2 aromatic rings. The van der Waals surface area contributed by atoms with Crippen molar-refractivity contribution in [1.29, 1.82) is 0 Å².